The maximum atomic E-state index is 11.4. The molecule has 1 rings (SSSR count). The maximum Gasteiger partial charge on any atom is 0.322 e. The van der Waals surface area contributed by atoms with Gasteiger partial charge in [0.2, 0.25) is 5.12 Å². The van der Waals surface area contributed by atoms with Crippen molar-refractivity contribution in [2.45, 2.75) is 0 Å². The second-order valence-corrected chi connectivity index (χ2v) is 3.52. The summed E-state index contributed by atoms with van der Waals surface area (Å²) in [5.41, 5.74) is 5.14. The van der Waals surface area contributed by atoms with Crippen LogP contribution in [-0.2, 0) is 0 Å². The van der Waals surface area contributed by atoms with Gasteiger partial charge in [-0.05, 0) is 12.1 Å². The number of hydrogen-bond acceptors (Lipinski definition) is 3. The first-order chi connectivity index (χ1) is 6.61. The lowest BCUT2D eigenvalue weighted by atomic mass is 10.2. The summed E-state index contributed by atoms with van der Waals surface area (Å²) in [6, 6.07) is 5.80. The molecule has 1 aromatic carbocycles. The summed E-state index contributed by atoms with van der Waals surface area (Å²) < 4.78 is 2.12. The van der Waals surface area contributed by atoms with Crippen LogP contribution in [0.25, 0.3) is 0 Å². The molecule has 0 aromatic heterocycles. The highest BCUT2D eigenvalue weighted by Gasteiger charge is 2.10. The van der Waals surface area contributed by atoms with Crippen molar-refractivity contribution in [1.29, 1.82) is 0 Å². The van der Waals surface area contributed by atoms with E-state index in [-0.39, 0.29) is 5.12 Å². The van der Waals surface area contributed by atoms with Gasteiger partial charge >= 0.3 is 6.03 Å². The summed E-state index contributed by atoms with van der Waals surface area (Å²) in [4.78, 5) is 21.7. The van der Waals surface area contributed by atoms with E-state index in [0.29, 0.717) is 22.5 Å². The third-order valence-corrected chi connectivity index (χ3v) is 2.38. The van der Waals surface area contributed by atoms with Gasteiger partial charge in [0.1, 0.15) is 0 Å². The van der Waals surface area contributed by atoms with Gasteiger partial charge in [0.15, 0.2) is 0 Å². The van der Waals surface area contributed by atoms with Gasteiger partial charge in [0.25, 0.3) is 0 Å². The molecule has 0 unspecified atom stereocenters. The van der Waals surface area contributed by atoms with Gasteiger partial charge in [-0.2, -0.15) is 0 Å². The van der Waals surface area contributed by atoms with Gasteiger partial charge < -0.3 is 5.73 Å². The predicted octanol–water partition coefficient (Wildman–Crippen LogP) is 1.80. The molecule has 0 heterocycles. The number of hydrogen-bond donors (Lipinski definition) is 2. The number of urea groups is 1. The second kappa shape index (κ2) is 4.88. The molecule has 0 saturated heterocycles. The molecule has 4 nitrogen and oxygen atoms in total. The number of nitrogens with one attached hydrogen (secondary N) is 1. The lowest BCUT2D eigenvalue weighted by Crippen LogP contribution is -2.24. The zero-order valence-corrected chi connectivity index (χ0v) is 8.56. The molecule has 0 aliphatic rings. The van der Waals surface area contributed by atoms with Crippen molar-refractivity contribution in [2.75, 3.05) is 0 Å². The van der Waals surface area contributed by atoms with Crippen LogP contribution in [0.1, 0.15) is 10.4 Å². The van der Waals surface area contributed by atoms with Crippen LogP contribution in [-0.4, -0.2) is 11.1 Å². The van der Waals surface area contributed by atoms with Crippen molar-refractivity contribution < 1.29 is 9.59 Å². The van der Waals surface area contributed by atoms with Crippen LogP contribution >= 0.6 is 23.5 Å². The zero-order valence-electron chi connectivity index (χ0n) is 6.99. The van der Waals surface area contributed by atoms with Gasteiger partial charge in [-0.3, -0.25) is 9.52 Å². The first kappa shape index (κ1) is 10.9. The van der Waals surface area contributed by atoms with Crippen LogP contribution in [0.3, 0.4) is 0 Å². The molecule has 0 radical (unpaired) electrons. The Morgan fingerprint density at radius 3 is 2.57 bits per heavy atom. The first-order valence-corrected chi connectivity index (χ1v) is 4.82. The average Bonchev–Trinajstić information content (AvgIpc) is 2.15. The fourth-order valence-corrected chi connectivity index (χ4v) is 1.54. The number of primary amides is 1. The van der Waals surface area contributed by atoms with Crippen LogP contribution in [0.5, 0.6) is 0 Å². The molecule has 0 aliphatic heterocycles. The van der Waals surface area contributed by atoms with Crippen LogP contribution in [0, 0.1) is 0 Å². The summed E-state index contributed by atoms with van der Waals surface area (Å²) in [6.45, 7) is 0. The Morgan fingerprint density at radius 2 is 2.00 bits per heavy atom. The number of carbonyl (C=O) groups is 2. The van der Waals surface area contributed by atoms with Gasteiger partial charge in [0, 0.05) is 17.5 Å². The zero-order chi connectivity index (χ0) is 10.6. The lowest BCUT2D eigenvalue weighted by molar-refractivity contribution is 0.108. The van der Waals surface area contributed by atoms with Crippen molar-refractivity contribution in [3.05, 3.63) is 34.9 Å². The Kier molecular flexibility index (Phi) is 3.79. The maximum absolute atomic E-state index is 11.4. The quantitative estimate of drug-likeness (QED) is 0.723. The molecule has 2 amide bonds. The smallest absolute Gasteiger partial charge is 0.322 e. The fraction of sp³-hybridized carbons (Fsp3) is 0. The minimum Gasteiger partial charge on any atom is -0.351 e. The SMILES string of the molecule is NC(=O)NSC(=O)c1ccccc1Cl. The molecule has 0 bridgehead atoms. The molecule has 0 atom stereocenters. The normalized spacial score (nSPS) is 9.50. The van der Waals surface area contributed by atoms with Crippen LogP contribution in [0.4, 0.5) is 4.79 Å². The number of nitrogens with two attached hydrogens (primary N) is 1. The van der Waals surface area contributed by atoms with E-state index in [9.17, 15) is 9.59 Å². The van der Waals surface area contributed by atoms with Crippen LogP contribution in [0.15, 0.2) is 24.3 Å². The molecule has 74 valence electrons. The highest BCUT2D eigenvalue weighted by molar-refractivity contribution is 8.12. The van der Waals surface area contributed by atoms with Gasteiger partial charge in [-0.1, -0.05) is 23.7 Å². The fourth-order valence-electron chi connectivity index (χ4n) is 0.778. The minimum atomic E-state index is -0.768. The third kappa shape index (κ3) is 2.93. The van der Waals surface area contributed by atoms with Crippen LogP contribution < -0.4 is 10.5 Å². The van der Waals surface area contributed by atoms with Crippen molar-refractivity contribution in [3.63, 3.8) is 0 Å². The standard InChI is InChI=1S/C8H7ClN2O2S/c9-6-4-2-1-3-5(6)7(12)14-11-8(10)13/h1-4H,(H3,10,11,13). The topological polar surface area (TPSA) is 72.2 Å². The number of benzene rings is 1. The predicted molar refractivity (Wildman–Crippen MR) is 56.1 cm³/mol. The largest absolute Gasteiger partial charge is 0.351 e. The van der Waals surface area contributed by atoms with E-state index in [1.165, 1.54) is 0 Å². The molecule has 14 heavy (non-hydrogen) atoms. The molecule has 0 saturated carbocycles. The molecule has 0 spiro atoms. The van der Waals surface area contributed by atoms with Gasteiger partial charge in [0.05, 0.1) is 5.02 Å². The van der Waals surface area contributed by atoms with E-state index in [2.05, 4.69) is 4.72 Å². The Hall–Kier alpha value is -1.20. The second-order valence-electron chi connectivity index (χ2n) is 2.34. The van der Waals surface area contributed by atoms with Crippen molar-refractivity contribution >= 4 is 34.7 Å². The highest BCUT2D eigenvalue weighted by atomic mass is 35.5. The average molecular weight is 231 g/mol. The van der Waals surface area contributed by atoms with E-state index >= 15 is 0 Å². The molecular weight excluding hydrogens is 224 g/mol. The third-order valence-electron chi connectivity index (χ3n) is 1.34. The number of amides is 2. The summed E-state index contributed by atoms with van der Waals surface area (Å²) in [7, 11) is 0. The molecule has 0 aliphatic carbocycles. The van der Waals surface area contributed by atoms with E-state index in [4.69, 9.17) is 17.3 Å². The van der Waals surface area contributed by atoms with Crippen LogP contribution in [0.2, 0.25) is 5.02 Å². The van der Waals surface area contributed by atoms with E-state index in [0.717, 1.165) is 0 Å². The lowest BCUT2D eigenvalue weighted by Gasteiger charge is -2.01. The van der Waals surface area contributed by atoms with E-state index in [1.54, 1.807) is 24.3 Å². The minimum absolute atomic E-state index is 0.341. The number of rotatable bonds is 1. The molecule has 3 N–H and O–H groups in total. The van der Waals surface area contributed by atoms with E-state index < -0.39 is 6.03 Å². The van der Waals surface area contributed by atoms with Crippen molar-refractivity contribution in [3.8, 4) is 0 Å². The highest BCUT2D eigenvalue weighted by Crippen LogP contribution is 2.19. The Balaban J connectivity index is 2.70. The summed E-state index contributed by atoms with van der Waals surface area (Å²) in [5, 5.41) is -0.00864. The molecule has 1 aromatic rings. The Labute approximate surface area is 89.9 Å². The summed E-state index contributed by atoms with van der Waals surface area (Å²) >= 11 is 6.36. The monoisotopic (exact) mass is 230 g/mol. The van der Waals surface area contributed by atoms with Crippen molar-refractivity contribution in [2.24, 2.45) is 5.73 Å². The Bertz CT molecular complexity index is 370. The van der Waals surface area contributed by atoms with E-state index in [1.807, 2.05) is 0 Å². The van der Waals surface area contributed by atoms with Gasteiger partial charge in [-0.15, -0.1) is 0 Å². The van der Waals surface area contributed by atoms with Gasteiger partial charge in [-0.25, -0.2) is 4.79 Å². The summed E-state index contributed by atoms with van der Waals surface area (Å²) in [5.74, 6) is 0. The number of carbonyl (C=O) groups excluding carboxylic acids is 2. The van der Waals surface area contributed by atoms with Crippen molar-refractivity contribution in [1.82, 2.24) is 4.72 Å². The molecular formula is C8H7ClN2O2S. The Morgan fingerprint density at radius 1 is 1.36 bits per heavy atom. The first-order valence-electron chi connectivity index (χ1n) is 3.62. The number of halogens is 1. The summed E-state index contributed by atoms with van der Waals surface area (Å²) in [6.07, 6.45) is 0. The molecule has 6 heteroatoms. The molecule has 0 fully saturated rings.